The number of aliphatic carboxylic acids is 2. The van der Waals surface area contributed by atoms with Crippen LogP contribution in [-0.4, -0.2) is 34.0 Å². The topological polar surface area (TPSA) is 161 Å². The lowest BCUT2D eigenvalue weighted by molar-refractivity contribution is -0.132. The molecule has 0 saturated carbocycles. The van der Waals surface area contributed by atoms with Crippen molar-refractivity contribution in [2.24, 2.45) is 11.5 Å². The predicted molar refractivity (Wildman–Crippen MR) is 54.4 cm³/mol. The van der Waals surface area contributed by atoms with Crippen LogP contribution in [0, 0.1) is 0 Å². The van der Waals surface area contributed by atoms with Gasteiger partial charge in [0.25, 0.3) is 0 Å². The minimum absolute atomic E-state index is 0.427. The van der Waals surface area contributed by atoms with E-state index in [1.165, 1.54) is 0 Å². The molecule has 0 atom stereocenters. The summed E-state index contributed by atoms with van der Waals surface area (Å²) < 4.78 is 0. The van der Waals surface area contributed by atoms with Crippen LogP contribution in [0.4, 0.5) is 0 Å². The molecular formula is C9H10N2O6. The Bertz CT molecular complexity index is 395. The number of carboxylic acid groups (broad SMARTS) is 2. The van der Waals surface area contributed by atoms with E-state index in [0.29, 0.717) is 12.2 Å². The van der Waals surface area contributed by atoms with Gasteiger partial charge in [-0.05, 0) is 0 Å². The Morgan fingerprint density at radius 3 is 1.29 bits per heavy atom. The Balaban J connectivity index is 5.22. The summed E-state index contributed by atoms with van der Waals surface area (Å²) >= 11 is 0. The fraction of sp³-hybridized carbons (Fsp3) is 0.111. The number of hydrogen-bond donors (Lipinski definition) is 4. The Kier molecular flexibility index (Phi) is 5.11. The van der Waals surface area contributed by atoms with Crippen molar-refractivity contribution in [3.63, 3.8) is 0 Å². The fourth-order valence-corrected chi connectivity index (χ4v) is 0.922. The summed E-state index contributed by atoms with van der Waals surface area (Å²) in [7, 11) is 0. The van der Waals surface area contributed by atoms with Crippen molar-refractivity contribution in [1.29, 1.82) is 0 Å². The van der Waals surface area contributed by atoms with Gasteiger partial charge in [-0.1, -0.05) is 0 Å². The minimum Gasteiger partial charge on any atom is -0.478 e. The summed E-state index contributed by atoms with van der Waals surface area (Å²) in [6.07, 6.45) is 0.422. The van der Waals surface area contributed by atoms with Gasteiger partial charge in [-0.3, -0.25) is 9.59 Å². The van der Waals surface area contributed by atoms with Crippen molar-refractivity contribution in [2.45, 2.75) is 6.42 Å². The summed E-state index contributed by atoms with van der Waals surface area (Å²) in [5, 5.41) is 16.9. The number of carbonyl (C=O) groups excluding carboxylic acids is 2. The molecular weight excluding hydrogens is 232 g/mol. The van der Waals surface area contributed by atoms with Crippen LogP contribution in [-0.2, 0) is 19.2 Å². The Hall–Kier alpha value is -2.64. The molecule has 0 rings (SSSR count). The molecule has 92 valence electrons. The van der Waals surface area contributed by atoms with Gasteiger partial charge >= 0.3 is 11.9 Å². The minimum atomic E-state index is -1.45. The van der Waals surface area contributed by atoms with Crippen molar-refractivity contribution < 1.29 is 29.4 Å². The Morgan fingerprint density at radius 1 is 0.824 bits per heavy atom. The number of hydrogen-bond acceptors (Lipinski definition) is 4. The van der Waals surface area contributed by atoms with Crippen LogP contribution in [0.1, 0.15) is 6.42 Å². The zero-order chi connectivity index (χ0) is 13.6. The fourth-order valence-electron chi connectivity index (χ4n) is 0.922. The molecule has 0 radical (unpaired) electrons. The first-order valence-electron chi connectivity index (χ1n) is 4.20. The largest absolute Gasteiger partial charge is 0.478 e. The quantitative estimate of drug-likeness (QED) is 0.409. The molecule has 0 aliphatic carbocycles. The van der Waals surface area contributed by atoms with Crippen LogP contribution in [0.2, 0.25) is 0 Å². The second kappa shape index (κ2) is 6.05. The first-order valence-corrected chi connectivity index (χ1v) is 4.20. The number of amides is 2. The Morgan fingerprint density at radius 2 is 1.12 bits per heavy atom. The Labute approximate surface area is 95.2 Å². The van der Waals surface area contributed by atoms with E-state index in [2.05, 4.69) is 0 Å². The summed E-state index contributed by atoms with van der Waals surface area (Å²) in [6.45, 7) is 0. The normalized spacial score (nSPS) is 12.0. The summed E-state index contributed by atoms with van der Waals surface area (Å²) in [5.74, 6) is -5.05. The molecule has 17 heavy (non-hydrogen) atoms. The molecule has 0 aromatic rings. The van der Waals surface area contributed by atoms with Gasteiger partial charge in [0.2, 0.25) is 11.8 Å². The highest BCUT2D eigenvalue weighted by molar-refractivity contribution is 6.03. The highest BCUT2D eigenvalue weighted by atomic mass is 16.4. The van der Waals surface area contributed by atoms with Gasteiger partial charge in [-0.15, -0.1) is 0 Å². The van der Waals surface area contributed by atoms with Gasteiger partial charge in [0, 0.05) is 29.7 Å². The van der Waals surface area contributed by atoms with Gasteiger partial charge in [0.15, 0.2) is 0 Å². The number of nitrogens with two attached hydrogens (primary N) is 2. The number of carbonyl (C=O) groups is 4. The molecule has 0 saturated heterocycles. The maximum atomic E-state index is 10.8. The summed E-state index contributed by atoms with van der Waals surface area (Å²) in [5.41, 5.74) is 8.88. The second-order valence-corrected chi connectivity index (χ2v) is 2.92. The zero-order valence-corrected chi connectivity index (χ0v) is 8.54. The van der Waals surface area contributed by atoms with Crippen molar-refractivity contribution in [1.82, 2.24) is 0 Å². The van der Waals surface area contributed by atoms with E-state index < -0.39 is 41.3 Å². The van der Waals surface area contributed by atoms with E-state index in [1.807, 2.05) is 0 Å². The maximum Gasteiger partial charge on any atom is 0.328 e. The average Bonchev–Trinajstić information content (AvgIpc) is 2.13. The number of primary amides is 2. The van der Waals surface area contributed by atoms with E-state index in [0.717, 1.165) is 0 Å². The molecule has 8 heteroatoms. The molecule has 0 heterocycles. The van der Waals surface area contributed by atoms with Gasteiger partial charge < -0.3 is 21.7 Å². The third kappa shape index (κ3) is 5.72. The monoisotopic (exact) mass is 242 g/mol. The van der Waals surface area contributed by atoms with Crippen LogP contribution < -0.4 is 11.5 Å². The predicted octanol–water partition coefficient (Wildman–Crippen LogP) is -1.63. The first kappa shape index (κ1) is 14.4. The lowest BCUT2D eigenvalue weighted by atomic mass is 10.0. The van der Waals surface area contributed by atoms with Crippen molar-refractivity contribution in [3.05, 3.63) is 23.3 Å². The van der Waals surface area contributed by atoms with Crippen LogP contribution in [0.25, 0.3) is 0 Å². The first-order chi connectivity index (χ1) is 7.73. The van der Waals surface area contributed by atoms with Crippen LogP contribution in [0.3, 0.4) is 0 Å². The molecule has 0 spiro atoms. The van der Waals surface area contributed by atoms with E-state index in [4.69, 9.17) is 21.7 Å². The highest BCUT2D eigenvalue weighted by Crippen LogP contribution is 2.10. The molecule has 0 bridgehead atoms. The molecule has 2 amide bonds. The second-order valence-electron chi connectivity index (χ2n) is 2.92. The van der Waals surface area contributed by atoms with Gasteiger partial charge in [0.1, 0.15) is 0 Å². The maximum absolute atomic E-state index is 10.8. The molecule has 0 aromatic carbocycles. The van der Waals surface area contributed by atoms with Gasteiger partial charge in [0.05, 0.1) is 0 Å². The van der Waals surface area contributed by atoms with E-state index in [1.54, 1.807) is 0 Å². The molecule has 8 nitrogen and oxygen atoms in total. The molecule has 0 unspecified atom stereocenters. The SMILES string of the molecule is NC(=O)/C(=C\C(=O)O)C/C(=C/C(=O)O)C(N)=O. The van der Waals surface area contributed by atoms with Crippen molar-refractivity contribution >= 4 is 23.8 Å². The molecule has 0 aliphatic heterocycles. The van der Waals surface area contributed by atoms with Gasteiger partial charge in [-0.25, -0.2) is 9.59 Å². The lowest BCUT2D eigenvalue weighted by Crippen LogP contribution is -2.21. The smallest absolute Gasteiger partial charge is 0.328 e. The third-order valence-corrected chi connectivity index (χ3v) is 1.61. The molecule has 6 N–H and O–H groups in total. The molecule has 0 fully saturated rings. The van der Waals surface area contributed by atoms with Crippen LogP contribution in [0.5, 0.6) is 0 Å². The van der Waals surface area contributed by atoms with E-state index >= 15 is 0 Å². The van der Waals surface area contributed by atoms with Gasteiger partial charge in [-0.2, -0.15) is 0 Å². The standard InChI is InChI=1S/C9H10N2O6/c10-8(16)4(2-6(12)13)1-5(9(11)17)3-7(14)15/h2-3H,1H2,(H2,10,16)(H2,11,17)(H,12,13)(H,14,15)/b4-2-,5-3-. The number of carboxylic acids is 2. The molecule has 0 aromatic heterocycles. The van der Waals surface area contributed by atoms with Crippen molar-refractivity contribution in [2.75, 3.05) is 0 Å². The zero-order valence-electron chi connectivity index (χ0n) is 8.54. The van der Waals surface area contributed by atoms with E-state index in [-0.39, 0.29) is 0 Å². The van der Waals surface area contributed by atoms with E-state index in [9.17, 15) is 19.2 Å². The van der Waals surface area contributed by atoms with Crippen LogP contribution in [0.15, 0.2) is 23.3 Å². The third-order valence-electron chi connectivity index (χ3n) is 1.61. The lowest BCUT2D eigenvalue weighted by Gasteiger charge is -2.03. The average molecular weight is 242 g/mol. The number of rotatable bonds is 6. The van der Waals surface area contributed by atoms with Crippen LogP contribution >= 0.6 is 0 Å². The highest BCUT2D eigenvalue weighted by Gasteiger charge is 2.15. The molecule has 0 aliphatic rings. The summed E-state index contributed by atoms with van der Waals surface area (Å²) in [6, 6.07) is 0. The van der Waals surface area contributed by atoms with Crippen molar-refractivity contribution in [3.8, 4) is 0 Å². The summed E-state index contributed by atoms with van der Waals surface area (Å²) in [4.78, 5) is 42.4.